The molecule has 0 aromatic heterocycles. The first-order valence-corrected chi connectivity index (χ1v) is 6.44. The van der Waals surface area contributed by atoms with Gasteiger partial charge < -0.3 is 5.32 Å². The normalized spacial score (nSPS) is 10.0. The minimum Gasteiger partial charge on any atom is -0.321 e. The molecule has 0 aliphatic carbocycles. The number of halogens is 2. The Bertz CT molecular complexity index is 542. The van der Waals surface area contributed by atoms with E-state index in [1.807, 2.05) is 24.3 Å². The van der Waals surface area contributed by atoms with Gasteiger partial charge in [-0.2, -0.15) is 0 Å². The lowest BCUT2D eigenvalue weighted by molar-refractivity contribution is 0.102. The summed E-state index contributed by atoms with van der Waals surface area (Å²) in [6, 6.07) is 14.5. The Hall–Kier alpha value is -1.07. The molecule has 0 saturated heterocycles. The Morgan fingerprint density at radius 1 is 1.12 bits per heavy atom. The molecule has 0 aliphatic rings. The first kappa shape index (κ1) is 12.4. The summed E-state index contributed by atoms with van der Waals surface area (Å²) < 4.78 is 0.916. The fourth-order valence-corrected chi connectivity index (χ4v) is 2.38. The molecule has 0 bridgehead atoms. The van der Waals surface area contributed by atoms with Gasteiger partial charge in [0.15, 0.2) is 0 Å². The molecule has 0 radical (unpaired) electrons. The molecule has 1 amide bonds. The van der Waals surface area contributed by atoms with Crippen molar-refractivity contribution in [3.8, 4) is 0 Å². The second-order valence-corrected chi connectivity index (χ2v) is 5.04. The summed E-state index contributed by atoms with van der Waals surface area (Å²) >= 11 is 7.99. The van der Waals surface area contributed by atoms with Gasteiger partial charge in [0.25, 0.3) is 5.91 Å². The summed E-state index contributed by atoms with van der Waals surface area (Å²) in [7, 11) is 0. The fourth-order valence-electron chi connectivity index (χ4n) is 1.37. The first-order valence-electron chi connectivity index (χ1n) is 4.98. The third-order valence-electron chi connectivity index (χ3n) is 2.22. The molecule has 86 valence electrons. The highest BCUT2D eigenvalue weighted by Crippen LogP contribution is 2.22. The van der Waals surface area contributed by atoms with Gasteiger partial charge in [-0.1, -0.05) is 29.8 Å². The minimum absolute atomic E-state index is 0.120. The molecular weight excluding hydrogens is 349 g/mol. The van der Waals surface area contributed by atoms with Crippen LogP contribution in [-0.2, 0) is 0 Å². The largest absolute Gasteiger partial charge is 0.321 e. The van der Waals surface area contributed by atoms with Crippen LogP contribution in [-0.4, -0.2) is 5.91 Å². The van der Waals surface area contributed by atoms with Gasteiger partial charge >= 0.3 is 0 Å². The van der Waals surface area contributed by atoms with Crippen LogP contribution in [0.1, 0.15) is 10.4 Å². The van der Waals surface area contributed by atoms with E-state index in [-0.39, 0.29) is 5.91 Å². The second-order valence-electron chi connectivity index (χ2n) is 3.44. The van der Waals surface area contributed by atoms with Gasteiger partial charge in [0, 0.05) is 14.2 Å². The molecule has 2 aromatic carbocycles. The average Bonchev–Trinajstić information content (AvgIpc) is 2.34. The van der Waals surface area contributed by atoms with Crippen LogP contribution in [0.3, 0.4) is 0 Å². The van der Waals surface area contributed by atoms with Crippen LogP contribution in [0.4, 0.5) is 5.69 Å². The predicted molar refractivity (Wildman–Crippen MR) is 78.6 cm³/mol. The molecule has 0 fully saturated rings. The topological polar surface area (TPSA) is 29.1 Å². The lowest BCUT2D eigenvalue weighted by atomic mass is 10.2. The maximum atomic E-state index is 11.9. The predicted octanol–water partition coefficient (Wildman–Crippen LogP) is 4.20. The van der Waals surface area contributed by atoms with Crippen LogP contribution >= 0.6 is 34.2 Å². The lowest BCUT2D eigenvalue weighted by Crippen LogP contribution is -2.12. The number of anilines is 1. The standard InChI is InChI=1S/C13H9ClINO/c14-10-6-7-12(11(15)8-10)16-13(17)9-4-2-1-3-5-9/h1-8H,(H,16,17). The number of rotatable bonds is 2. The molecule has 0 spiro atoms. The third kappa shape index (κ3) is 3.20. The molecule has 0 saturated carbocycles. The maximum Gasteiger partial charge on any atom is 0.255 e. The summed E-state index contributed by atoms with van der Waals surface area (Å²) in [6.45, 7) is 0. The number of carbonyl (C=O) groups excluding carboxylic acids is 1. The zero-order chi connectivity index (χ0) is 12.3. The van der Waals surface area contributed by atoms with Gasteiger partial charge in [0.1, 0.15) is 0 Å². The number of hydrogen-bond acceptors (Lipinski definition) is 1. The van der Waals surface area contributed by atoms with Gasteiger partial charge in [-0.3, -0.25) is 4.79 Å². The average molecular weight is 358 g/mol. The molecule has 0 aliphatic heterocycles. The number of nitrogens with one attached hydrogen (secondary N) is 1. The van der Waals surface area contributed by atoms with Crippen molar-refractivity contribution in [3.63, 3.8) is 0 Å². The van der Waals surface area contributed by atoms with Crippen molar-refractivity contribution < 1.29 is 4.79 Å². The van der Waals surface area contributed by atoms with Gasteiger partial charge in [0.05, 0.1) is 5.69 Å². The molecule has 1 N–H and O–H groups in total. The quantitative estimate of drug-likeness (QED) is 0.802. The van der Waals surface area contributed by atoms with Crippen molar-refractivity contribution in [1.82, 2.24) is 0 Å². The van der Waals surface area contributed by atoms with Crippen LogP contribution in [0.2, 0.25) is 5.02 Å². The van der Waals surface area contributed by atoms with E-state index in [1.165, 1.54) is 0 Å². The van der Waals surface area contributed by atoms with Crippen molar-refractivity contribution in [2.75, 3.05) is 5.32 Å². The summed E-state index contributed by atoms with van der Waals surface area (Å²) in [5.41, 5.74) is 1.40. The summed E-state index contributed by atoms with van der Waals surface area (Å²) in [4.78, 5) is 11.9. The highest BCUT2D eigenvalue weighted by molar-refractivity contribution is 14.1. The monoisotopic (exact) mass is 357 g/mol. The van der Waals surface area contributed by atoms with Gasteiger partial charge in [-0.15, -0.1) is 0 Å². The molecule has 0 unspecified atom stereocenters. The number of benzene rings is 2. The maximum absolute atomic E-state index is 11.9. The molecule has 0 atom stereocenters. The molecular formula is C13H9ClINO. The van der Waals surface area contributed by atoms with Crippen LogP contribution in [0, 0.1) is 3.57 Å². The van der Waals surface area contributed by atoms with Crippen LogP contribution in [0.15, 0.2) is 48.5 Å². The Kier molecular flexibility index (Phi) is 4.02. The second kappa shape index (κ2) is 5.51. The molecule has 2 aromatic rings. The first-order chi connectivity index (χ1) is 8.16. The SMILES string of the molecule is O=C(Nc1ccc(Cl)cc1I)c1ccccc1. The van der Waals surface area contributed by atoms with E-state index < -0.39 is 0 Å². The zero-order valence-corrected chi connectivity index (χ0v) is 11.7. The smallest absolute Gasteiger partial charge is 0.255 e. The van der Waals surface area contributed by atoms with E-state index in [9.17, 15) is 4.79 Å². The van der Waals surface area contributed by atoms with E-state index >= 15 is 0 Å². The molecule has 4 heteroatoms. The lowest BCUT2D eigenvalue weighted by Gasteiger charge is -2.07. The number of carbonyl (C=O) groups is 1. The van der Waals surface area contributed by atoms with E-state index in [4.69, 9.17) is 11.6 Å². The van der Waals surface area contributed by atoms with Crippen molar-refractivity contribution in [1.29, 1.82) is 0 Å². The Morgan fingerprint density at radius 2 is 1.82 bits per heavy atom. The van der Waals surface area contributed by atoms with Crippen LogP contribution < -0.4 is 5.32 Å². The summed E-state index contributed by atoms with van der Waals surface area (Å²) in [5.74, 6) is -0.120. The van der Waals surface area contributed by atoms with E-state index in [2.05, 4.69) is 27.9 Å². The van der Waals surface area contributed by atoms with Crippen LogP contribution in [0.5, 0.6) is 0 Å². The Morgan fingerprint density at radius 3 is 2.47 bits per heavy atom. The van der Waals surface area contributed by atoms with Crippen molar-refractivity contribution in [2.24, 2.45) is 0 Å². The van der Waals surface area contributed by atoms with Crippen LogP contribution in [0.25, 0.3) is 0 Å². The summed E-state index contributed by atoms with van der Waals surface area (Å²) in [6.07, 6.45) is 0. The highest BCUT2D eigenvalue weighted by atomic mass is 127. The number of hydrogen-bond donors (Lipinski definition) is 1. The Balaban J connectivity index is 2.19. The van der Waals surface area contributed by atoms with Gasteiger partial charge in [-0.05, 0) is 52.9 Å². The number of amides is 1. The van der Waals surface area contributed by atoms with Crippen molar-refractivity contribution >= 4 is 45.8 Å². The van der Waals surface area contributed by atoms with E-state index in [0.29, 0.717) is 10.6 Å². The van der Waals surface area contributed by atoms with E-state index in [0.717, 1.165) is 9.26 Å². The van der Waals surface area contributed by atoms with Gasteiger partial charge in [0.2, 0.25) is 0 Å². The van der Waals surface area contributed by atoms with Gasteiger partial charge in [-0.25, -0.2) is 0 Å². The zero-order valence-electron chi connectivity index (χ0n) is 8.78. The third-order valence-corrected chi connectivity index (χ3v) is 3.34. The Labute approximate surface area is 118 Å². The molecule has 2 rings (SSSR count). The van der Waals surface area contributed by atoms with Crippen molar-refractivity contribution in [2.45, 2.75) is 0 Å². The summed E-state index contributed by atoms with van der Waals surface area (Å²) in [5, 5.41) is 3.51. The molecule has 2 nitrogen and oxygen atoms in total. The fraction of sp³-hybridized carbons (Fsp3) is 0. The minimum atomic E-state index is -0.120. The van der Waals surface area contributed by atoms with E-state index in [1.54, 1.807) is 24.3 Å². The molecule has 0 heterocycles. The highest BCUT2D eigenvalue weighted by Gasteiger charge is 2.07. The van der Waals surface area contributed by atoms with Crippen molar-refractivity contribution in [3.05, 3.63) is 62.7 Å². The molecule has 17 heavy (non-hydrogen) atoms.